The second-order valence-corrected chi connectivity index (χ2v) is 4.94. The van der Waals surface area contributed by atoms with E-state index in [0.717, 1.165) is 5.56 Å². The summed E-state index contributed by atoms with van der Waals surface area (Å²) in [6.07, 6.45) is 0.521. The Morgan fingerprint density at radius 3 is 2.59 bits per heavy atom. The molecule has 1 N–H and O–H groups in total. The molecule has 0 aliphatic carbocycles. The molecule has 0 spiro atoms. The van der Waals surface area contributed by atoms with Gasteiger partial charge in [-0.3, -0.25) is 10.1 Å². The Bertz CT molecular complexity index is 790. The highest BCUT2D eigenvalue weighted by molar-refractivity contribution is 6.03. The third-order valence-electron chi connectivity index (χ3n) is 3.17. The van der Waals surface area contributed by atoms with Crippen LogP contribution in [0.15, 0.2) is 45.2 Å². The van der Waals surface area contributed by atoms with Gasteiger partial charge in [0.15, 0.2) is 0 Å². The Hall–Kier alpha value is -2.89. The monoisotopic (exact) mass is 297 g/mol. The van der Waals surface area contributed by atoms with Crippen molar-refractivity contribution in [3.8, 4) is 0 Å². The molecular formula is C16H15N3O3. The average Bonchev–Trinajstić information content (AvgIpc) is 3.06. The van der Waals surface area contributed by atoms with Crippen LogP contribution < -0.4 is 5.32 Å². The van der Waals surface area contributed by atoms with Crippen molar-refractivity contribution >= 4 is 11.9 Å². The number of hydrogen-bond donors (Lipinski definition) is 1. The zero-order valence-electron chi connectivity index (χ0n) is 12.3. The molecule has 112 valence electrons. The second-order valence-electron chi connectivity index (χ2n) is 4.94. The van der Waals surface area contributed by atoms with E-state index in [-0.39, 0.29) is 11.9 Å². The fourth-order valence-corrected chi connectivity index (χ4v) is 2.17. The van der Waals surface area contributed by atoms with E-state index in [1.54, 1.807) is 19.9 Å². The van der Waals surface area contributed by atoms with E-state index in [9.17, 15) is 4.79 Å². The fourth-order valence-electron chi connectivity index (χ4n) is 2.17. The first kappa shape index (κ1) is 14.1. The van der Waals surface area contributed by atoms with Crippen LogP contribution in [0.5, 0.6) is 0 Å². The summed E-state index contributed by atoms with van der Waals surface area (Å²) in [6, 6.07) is 11.5. The van der Waals surface area contributed by atoms with E-state index < -0.39 is 0 Å². The van der Waals surface area contributed by atoms with Crippen LogP contribution in [0.4, 0.5) is 6.01 Å². The lowest BCUT2D eigenvalue weighted by Crippen LogP contribution is -2.12. The van der Waals surface area contributed by atoms with Crippen molar-refractivity contribution in [1.29, 1.82) is 0 Å². The first-order valence-electron chi connectivity index (χ1n) is 6.86. The summed E-state index contributed by atoms with van der Waals surface area (Å²) in [4.78, 5) is 12.1. The van der Waals surface area contributed by atoms with E-state index in [2.05, 4.69) is 15.5 Å². The van der Waals surface area contributed by atoms with Gasteiger partial charge in [-0.15, -0.1) is 5.10 Å². The van der Waals surface area contributed by atoms with Crippen molar-refractivity contribution in [3.63, 3.8) is 0 Å². The fraction of sp³-hybridized carbons (Fsp3) is 0.188. The predicted molar refractivity (Wildman–Crippen MR) is 79.7 cm³/mol. The first-order valence-corrected chi connectivity index (χ1v) is 6.86. The Morgan fingerprint density at radius 1 is 1.14 bits per heavy atom. The van der Waals surface area contributed by atoms with Gasteiger partial charge in [0.25, 0.3) is 5.91 Å². The predicted octanol–water partition coefficient (Wildman–Crippen LogP) is 3.12. The van der Waals surface area contributed by atoms with Gasteiger partial charge < -0.3 is 8.83 Å². The van der Waals surface area contributed by atoms with E-state index in [1.807, 2.05) is 30.3 Å². The molecular weight excluding hydrogens is 282 g/mol. The van der Waals surface area contributed by atoms with Gasteiger partial charge in [-0.25, -0.2) is 0 Å². The zero-order valence-corrected chi connectivity index (χ0v) is 12.3. The van der Waals surface area contributed by atoms with Gasteiger partial charge in [-0.1, -0.05) is 35.4 Å². The first-order chi connectivity index (χ1) is 10.6. The summed E-state index contributed by atoms with van der Waals surface area (Å²) in [5, 5.41) is 10.3. The molecule has 2 heterocycles. The van der Waals surface area contributed by atoms with E-state index in [4.69, 9.17) is 8.83 Å². The number of benzene rings is 1. The summed E-state index contributed by atoms with van der Waals surface area (Å²) < 4.78 is 10.8. The molecule has 22 heavy (non-hydrogen) atoms. The quantitative estimate of drug-likeness (QED) is 0.800. The number of rotatable bonds is 4. The molecule has 0 atom stereocenters. The molecule has 1 amide bonds. The summed E-state index contributed by atoms with van der Waals surface area (Å²) >= 11 is 0. The highest BCUT2D eigenvalue weighted by atomic mass is 16.4. The molecule has 0 saturated carbocycles. The number of carbonyl (C=O) groups is 1. The van der Waals surface area contributed by atoms with Crippen LogP contribution in [0.25, 0.3) is 0 Å². The topological polar surface area (TPSA) is 81.2 Å². The third-order valence-corrected chi connectivity index (χ3v) is 3.17. The lowest BCUT2D eigenvalue weighted by atomic mass is 10.2. The van der Waals surface area contributed by atoms with Crippen molar-refractivity contribution in [2.75, 3.05) is 5.32 Å². The number of furan rings is 1. The van der Waals surface area contributed by atoms with E-state index in [0.29, 0.717) is 29.4 Å². The number of anilines is 1. The van der Waals surface area contributed by atoms with Gasteiger partial charge in [-0.05, 0) is 25.5 Å². The van der Waals surface area contributed by atoms with Gasteiger partial charge in [0.1, 0.15) is 11.5 Å². The summed E-state index contributed by atoms with van der Waals surface area (Å²) in [6.45, 7) is 3.52. The highest BCUT2D eigenvalue weighted by Crippen LogP contribution is 2.16. The molecule has 2 aromatic heterocycles. The number of nitrogens with one attached hydrogen (secondary N) is 1. The lowest BCUT2D eigenvalue weighted by molar-refractivity contribution is 0.102. The van der Waals surface area contributed by atoms with Crippen LogP contribution in [0.2, 0.25) is 0 Å². The largest absolute Gasteiger partial charge is 0.466 e. The highest BCUT2D eigenvalue weighted by Gasteiger charge is 2.16. The SMILES string of the molecule is Cc1cc(C(=O)Nc2nnc(Cc3ccccc3)o2)c(C)o1. The van der Waals surface area contributed by atoms with Crippen molar-refractivity contribution in [3.05, 3.63) is 64.9 Å². The van der Waals surface area contributed by atoms with Crippen LogP contribution in [0.3, 0.4) is 0 Å². The van der Waals surface area contributed by atoms with E-state index in [1.165, 1.54) is 0 Å². The van der Waals surface area contributed by atoms with Crippen LogP contribution in [-0.2, 0) is 6.42 Å². The van der Waals surface area contributed by atoms with E-state index >= 15 is 0 Å². The number of carbonyl (C=O) groups excluding carboxylic acids is 1. The average molecular weight is 297 g/mol. The van der Waals surface area contributed by atoms with Crippen LogP contribution in [0, 0.1) is 13.8 Å². The number of aromatic nitrogens is 2. The molecule has 0 aliphatic rings. The van der Waals surface area contributed by atoms with Crippen LogP contribution in [-0.4, -0.2) is 16.1 Å². The molecule has 0 saturated heterocycles. The normalized spacial score (nSPS) is 10.6. The Kier molecular flexibility index (Phi) is 3.74. The number of aryl methyl sites for hydroxylation is 2. The zero-order chi connectivity index (χ0) is 15.5. The summed E-state index contributed by atoms with van der Waals surface area (Å²) in [7, 11) is 0. The number of amides is 1. The third kappa shape index (κ3) is 3.06. The van der Waals surface area contributed by atoms with Gasteiger partial charge in [0, 0.05) is 0 Å². The Balaban J connectivity index is 1.69. The maximum Gasteiger partial charge on any atom is 0.322 e. The van der Waals surface area contributed by atoms with Gasteiger partial charge in [0.2, 0.25) is 5.89 Å². The van der Waals surface area contributed by atoms with Gasteiger partial charge in [0.05, 0.1) is 12.0 Å². The molecule has 0 unspecified atom stereocenters. The molecule has 6 nitrogen and oxygen atoms in total. The van der Waals surface area contributed by atoms with Crippen molar-refractivity contribution in [1.82, 2.24) is 10.2 Å². The number of hydrogen-bond acceptors (Lipinski definition) is 5. The van der Waals surface area contributed by atoms with Gasteiger partial charge in [-0.2, -0.15) is 0 Å². The molecule has 0 bridgehead atoms. The molecule has 0 radical (unpaired) electrons. The molecule has 0 fully saturated rings. The molecule has 1 aromatic carbocycles. The van der Waals surface area contributed by atoms with Crippen LogP contribution >= 0.6 is 0 Å². The minimum atomic E-state index is -0.329. The van der Waals surface area contributed by atoms with Crippen LogP contribution in [0.1, 0.15) is 33.3 Å². The van der Waals surface area contributed by atoms with Crippen molar-refractivity contribution in [2.45, 2.75) is 20.3 Å². The molecule has 0 aliphatic heterocycles. The minimum absolute atomic E-state index is 0.0779. The second kappa shape index (κ2) is 5.85. The smallest absolute Gasteiger partial charge is 0.322 e. The van der Waals surface area contributed by atoms with Gasteiger partial charge >= 0.3 is 6.01 Å². The lowest BCUT2D eigenvalue weighted by Gasteiger charge is -1.98. The molecule has 6 heteroatoms. The number of nitrogens with zero attached hydrogens (tertiary/aromatic N) is 2. The maximum atomic E-state index is 12.1. The Labute approximate surface area is 127 Å². The van der Waals surface area contributed by atoms with Crippen molar-refractivity contribution in [2.24, 2.45) is 0 Å². The maximum absolute atomic E-state index is 12.1. The molecule has 3 rings (SSSR count). The Morgan fingerprint density at radius 2 is 1.91 bits per heavy atom. The minimum Gasteiger partial charge on any atom is -0.466 e. The van der Waals surface area contributed by atoms with Crippen molar-refractivity contribution < 1.29 is 13.6 Å². The molecule has 3 aromatic rings. The summed E-state index contributed by atoms with van der Waals surface area (Å²) in [5.41, 5.74) is 1.52. The summed E-state index contributed by atoms with van der Waals surface area (Å²) in [5.74, 6) is 1.35. The standard InChI is InChI=1S/C16H15N3O3/c1-10-8-13(11(2)21-10)15(20)17-16-19-18-14(22-16)9-12-6-4-3-5-7-12/h3-8H,9H2,1-2H3,(H,17,19,20).